The van der Waals surface area contributed by atoms with Crippen LogP contribution in [0.4, 0.5) is 0 Å². The molecule has 0 bridgehead atoms. The van der Waals surface area contributed by atoms with E-state index >= 15 is 0 Å². The number of allylic oxidation sites excluding steroid dienone is 2. The van der Waals surface area contributed by atoms with E-state index in [0.717, 1.165) is 0 Å². The van der Waals surface area contributed by atoms with Crippen molar-refractivity contribution in [1.29, 1.82) is 0 Å². The summed E-state index contributed by atoms with van der Waals surface area (Å²) in [5, 5.41) is 19.4. The Morgan fingerprint density at radius 1 is 0.793 bits per heavy atom. The highest BCUT2D eigenvalue weighted by atomic mass is 127. The Hall–Kier alpha value is -2.08. The Morgan fingerprint density at radius 3 is 1.59 bits per heavy atom. The van der Waals surface area contributed by atoms with Crippen LogP contribution in [0.25, 0.3) is 12.2 Å². The maximum Gasteiger partial charge on any atom is 0.163 e. The van der Waals surface area contributed by atoms with Gasteiger partial charge in [0.05, 0.1) is 6.42 Å². The lowest BCUT2D eigenvalue weighted by Crippen LogP contribution is -2.02. The number of halogens is 2. The van der Waals surface area contributed by atoms with Crippen LogP contribution in [-0.4, -0.2) is 31.0 Å². The second-order valence-corrected chi connectivity index (χ2v) is 6.98. The average molecular weight is 620 g/mol. The Balaban J connectivity index is 1.96. The topological polar surface area (TPSA) is 93.1 Å². The van der Waals surface area contributed by atoms with E-state index in [9.17, 15) is 19.8 Å². The number of phenols is 2. The summed E-state index contributed by atoms with van der Waals surface area (Å²) in [5.41, 5.74) is 1.34. The summed E-state index contributed by atoms with van der Waals surface area (Å²) in [6.45, 7) is 0. The van der Waals surface area contributed by atoms with Crippen molar-refractivity contribution in [3.05, 3.63) is 59.7 Å². The first-order valence-electron chi connectivity index (χ1n) is 8.38. The number of ether oxygens (including phenoxy) is 2. The van der Waals surface area contributed by atoms with Gasteiger partial charge in [0, 0.05) is 0 Å². The van der Waals surface area contributed by atoms with Gasteiger partial charge in [0.25, 0.3) is 0 Å². The van der Waals surface area contributed by atoms with Crippen LogP contribution < -0.4 is 9.47 Å². The van der Waals surface area contributed by atoms with Crippen molar-refractivity contribution in [2.75, 3.05) is 9.23 Å². The van der Waals surface area contributed by atoms with Gasteiger partial charge in [-0.15, -0.1) is 0 Å². The molecular weight excluding hydrogens is 602 g/mol. The molecular formula is C21H18I2O6. The number of rotatable bonds is 10. The molecule has 0 aliphatic heterocycles. The third-order valence-electron chi connectivity index (χ3n) is 3.66. The molecule has 0 amide bonds. The predicted octanol–water partition coefficient (Wildman–Crippen LogP) is 4.90. The number of ketones is 2. The monoisotopic (exact) mass is 620 g/mol. The number of aromatic hydroxyl groups is 2. The van der Waals surface area contributed by atoms with E-state index in [1.54, 1.807) is 36.4 Å². The first kappa shape index (κ1) is 23.2. The number of benzene rings is 2. The summed E-state index contributed by atoms with van der Waals surface area (Å²) in [6, 6.07) is 9.46. The summed E-state index contributed by atoms with van der Waals surface area (Å²) in [4.78, 5) is 24.0. The normalized spacial score (nSPS) is 11.1. The molecule has 0 atom stereocenters. The Bertz CT molecular complexity index is 861. The maximum atomic E-state index is 12.0. The molecule has 0 aromatic heterocycles. The molecule has 0 unspecified atom stereocenters. The number of carbonyl (C=O) groups is 2. The van der Waals surface area contributed by atoms with Gasteiger partial charge in [0.1, 0.15) is 9.23 Å². The molecule has 2 aromatic carbocycles. The van der Waals surface area contributed by atoms with Crippen LogP contribution >= 0.6 is 45.2 Å². The molecule has 152 valence electrons. The smallest absolute Gasteiger partial charge is 0.163 e. The summed E-state index contributed by atoms with van der Waals surface area (Å²) in [7, 11) is 0. The first-order valence-corrected chi connectivity index (χ1v) is 11.4. The van der Waals surface area contributed by atoms with Crippen molar-refractivity contribution in [2.45, 2.75) is 6.42 Å². The van der Waals surface area contributed by atoms with Gasteiger partial charge in [-0.2, -0.15) is 0 Å². The molecule has 2 N–H and O–H groups in total. The van der Waals surface area contributed by atoms with Gasteiger partial charge in [0.15, 0.2) is 34.6 Å². The minimum Gasteiger partial charge on any atom is -0.504 e. The quantitative estimate of drug-likeness (QED) is 0.170. The molecule has 29 heavy (non-hydrogen) atoms. The molecule has 2 rings (SSSR count). The van der Waals surface area contributed by atoms with Gasteiger partial charge >= 0.3 is 0 Å². The summed E-state index contributed by atoms with van der Waals surface area (Å²) in [6.07, 6.45) is 5.49. The van der Waals surface area contributed by atoms with E-state index in [-0.39, 0.29) is 29.5 Å². The average Bonchev–Trinajstić information content (AvgIpc) is 2.69. The van der Waals surface area contributed by atoms with E-state index in [4.69, 9.17) is 9.47 Å². The lowest BCUT2D eigenvalue weighted by molar-refractivity contribution is -0.121. The number of hydrogen-bond donors (Lipinski definition) is 2. The van der Waals surface area contributed by atoms with Crippen molar-refractivity contribution in [1.82, 2.24) is 0 Å². The fraction of sp³-hybridized carbons (Fsp3) is 0.143. The van der Waals surface area contributed by atoms with Crippen molar-refractivity contribution < 1.29 is 29.3 Å². The summed E-state index contributed by atoms with van der Waals surface area (Å²) < 4.78 is 11.3. The van der Waals surface area contributed by atoms with E-state index in [2.05, 4.69) is 0 Å². The van der Waals surface area contributed by atoms with Crippen molar-refractivity contribution in [3.8, 4) is 23.0 Å². The van der Waals surface area contributed by atoms with Crippen molar-refractivity contribution in [3.63, 3.8) is 0 Å². The molecule has 0 radical (unpaired) electrons. The van der Waals surface area contributed by atoms with E-state index in [1.807, 2.05) is 45.2 Å². The molecule has 0 aliphatic rings. The van der Waals surface area contributed by atoms with Gasteiger partial charge in [-0.3, -0.25) is 9.59 Å². The van der Waals surface area contributed by atoms with E-state index < -0.39 is 0 Å². The van der Waals surface area contributed by atoms with E-state index in [1.165, 1.54) is 24.3 Å². The Kier molecular flexibility index (Phi) is 9.45. The fourth-order valence-electron chi connectivity index (χ4n) is 2.29. The van der Waals surface area contributed by atoms with Crippen molar-refractivity contribution >= 4 is 68.9 Å². The molecule has 8 heteroatoms. The second-order valence-electron chi connectivity index (χ2n) is 5.74. The standard InChI is InChI=1S/C21H18I2O6/c22-12-28-20-9-14(3-7-18(20)26)1-5-16(24)11-17(25)6-2-15-4-8-19(27)21(10-15)29-13-23/h1-10,26-27H,11-13H2/b5-1+,6-2+. The van der Waals surface area contributed by atoms with Gasteiger partial charge in [0.2, 0.25) is 0 Å². The highest BCUT2D eigenvalue weighted by molar-refractivity contribution is 14.1. The highest BCUT2D eigenvalue weighted by Gasteiger charge is 2.06. The molecule has 0 fully saturated rings. The fourth-order valence-corrected chi connectivity index (χ4v) is 2.96. The SMILES string of the molecule is O=C(/C=C/c1ccc(O)c(OCI)c1)CC(=O)/C=C/c1ccc(O)c(OCI)c1. The third kappa shape index (κ3) is 7.69. The zero-order chi connectivity index (χ0) is 21.2. The minimum absolute atomic E-state index is 0.0201. The first-order chi connectivity index (χ1) is 13.9. The van der Waals surface area contributed by atoms with Gasteiger partial charge < -0.3 is 19.7 Å². The zero-order valence-electron chi connectivity index (χ0n) is 15.2. The number of phenolic OH excluding ortho intramolecular Hbond substituents is 2. The van der Waals surface area contributed by atoms with E-state index in [0.29, 0.717) is 31.9 Å². The number of carbonyl (C=O) groups excluding carboxylic acids is 2. The van der Waals surface area contributed by atoms with Crippen LogP contribution in [0.3, 0.4) is 0 Å². The lowest BCUT2D eigenvalue weighted by Gasteiger charge is -2.05. The third-order valence-corrected chi connectivity index (χ3v) is 4.28. The van der Waals surface area contributed by atoms with Crippen LogP contribution in [0.1, 0.15) is 17.5 Å². The van der Waals surface area contributed by atoms with Crippen LogP contribution in [0, 0.1) is 0 Å². The number of hydrogen-bond acceptors (Lipinski definition) is 6. The van der Waals surface area contributed by atoms with Crippen LogP contribution in [0.5, 0.6) is 23.0 Å². The molecule has 0 spiro atoms. The van der Waals surface area contributed by atoms with Crippen LogP contribution in [0.15, 0.2) is 48.6 Å². The molecule has 0 aliphatic carbocycles. The largest absolute Gasteiger partial charge is 0.504 e. The lowest BCUT2D eigenvalue weighted by atomic mass is 10.1. The van der Waals surface area contributed by atoms with Gasteiger partial charge in [-0.25, -0.2) is 0 Å². The molecule has 6 nitrogen and oxygen atoms in total. The Labute approximate surface area is 195 Å². The molecule has 0 saturated carbocycles. The molecule has 2 aromatic rings. The van der Waals surface area contributed by atoms with Crippen LogP contribution in [-0.2, 0) is 9.59 Å². The van der Waals surface area contributed by atoms with Gasteiger partial charge in [-0.05, 0) is 92.7 Å². The molecule has 0 heterocycles. The number of alkyl halides is 2. The van der Waals surface area contributed by atoms with Crippen molar-refractivity contribution in [2.24, 2.45) is 0 Å². The second kappa shape index (κ2) is 11.8. The maximum absolute atomic E-state index is 12.0. The van der Waals surface area contributed by atoms with Gasteiger partial charge in [-0.1, -0.05) is 24.3 Å². The highest BCUT2D eigenvalue weighted by Crippen LogP contribution is 2.28. The molecule has 0 saturated heterocycles. The Morgan fingerprint density at radius 2 is 1.21 bits per heavy atom. The summed E-state index contributed by atoms with van der Waals surface area (Å²) in [5.74, 6) is 0.00608. The zero-order valence-corrected chi connectivity index (χ0v) is 19.5. The summed E-state index contributed by atoms with van der Waals surface area (Å²) >= 11 is 4.03. The predicted molar refractivity (Wildman–Crippen MR) is 128 cm³/mol. The van der Waals surface area contributed by atoms with Crippen LogP contribution in [0.2, 0.25) is 0 Å². The minimum atomic E-state index is -0.344.